The number of hydrogen-bond acceptors (Lipinski definition) is 7. The number of fused-ring (bicyclic) bond motifs is 1. The van der Waals surface area contributed by atoms with E-state index >= 15 is 0 Å². The molecule has 0 amide bonds. The first-order chi connectivity index (χ1) is 17.6. The molecule has 5 rings (SSSR count). The summed E-state index contributed by atoms with van der Waals surface area (Å²) in [7, 11) is 1.58. The molecule has 1 atom stereocenters. The highest BCUT2D eigenvalue weighted by Crippen LogP contribution is 2.36. The highest BCUT2D eigenvalue weighted by atomic mass is 32.1. The zero-order valence-corrected chi connectivity index (χ0v) is 20.6. The first kappa shape index (κ1) is 23.4. The summed E-state index contributed by atoms with van der Waals surface area (Å²) in [6, 6.07) is 19.8. The van der Waals surface area contributed by atoms with Gasteiger partial charge in [0.05, 0.1) is 35.6 Å². The van der Waals surface area contributed by atoms with Crippen molar-refractivity contribution in [2.24, 2.45) is 4.99 Å². The van der Waals surface area contributed by atoms with Gasteiger partial charge >= 0.3 is 5.97 Å². The maximum absolute atomic E-state index is 13.8. The fourth-order valence-corrected chi connectivity index (χ4v) is 5.18. The minimum Gasteiger partial charge on any atom is -0.497 e. The fraction of sp³-hybridized carbons (Fsp3) is 0.143. The number of carbonyl (C=O) groups is 1. The fourth-order valence-electron chi connectivity index (χ4n) is 4.18. The molecule has 36 heavy (non-hydrogen) atoms. The lowest BCUT2D eigenvalue weighted by molar-refractivity contribution is -0.138. The summed E-state index contributed by atoms with van der Waals surface area (Å²) in [4.78, 5) is 36.7. The summed E-state index contributed by atoms with van der Waals surface area (Å²) >= 11 is 1.27. The second kappa shape index (κ2) is 10.1. The van der Waals surface area contributed by atoms with E-state index in [-0.39, 0.29) is 12.2 Å². The molecule has 4 aromatic rings. The topological polar surface area (TPSA) is 82.8 Å². The zero-order chi connectivity index (χ0) is 25.1. The molecule has 0 saturated carbocycles. The van der Waals surface area contributed by atoms with Crippen molar-refractivity contribution in [1.29, 1.82) is 0 Å². The average Bonchev–Trinajstić information content (AvgIpc) is 3.23. The van der Waals surface area contributed by atoms with Crippen molar-refractivity contribution in [3.63, 3.8) is 0 Å². The summed E-state index contributed by atoms with van der Waals surface area (Å²) in [5, 5.41) is 0. The Hall–Kier alpha value is -4.30. The van der Waals surface area contributed by atoms with Crippen molar-refractivity contribution in [3.8, 4) is 5.75 Å². The summed E-state index contributed by atoms with van der Waals surface area (Å²) < 4.78 is 13.0. The van der Waals surface area contributed by atoms with Gasteiger partial charge in [-0.2, -0.15) is 0 Å². The van der Waals surface area contributed by atoms with Crippen LogP contribution in [0.1, 0.15) is 29.7 Å². The van der Waals surface area contributed by atoms with E-state index in [9.17, 15) is 9.59 Å². The van der Waals surface area contributed by atoms with Gasteiger partial charge in [0.2, 0.25) is 0 Å². The van der Waals surface area contributed by atoms with Gasteiger partial charge < -0.3 is 9.47 Å². The number of pyridine rings is 1. The maximum Gasteiger partial charge on any atom is 0.338 e. The van der Waals surface area contributed by atoms with Crippen LogP contribution in [-0.4, -0.2) is 29.2 Å². The molecule has 8 heteroatoms. The molecule has 1 unspecified atom stereocenters. The lowest BCUT2D eigenvalue weighted by atomic mass is 9.93. The predicted molar refractivity (Wildman–Crippen MR) is 138 cm³/mol. The summed E-state index contributed by atoms with van der Waals surface area (Å²) in [5.41, 5.74) is 2.82. The van der Waals surface area contributed by atoms with Crippen molar-refractivity contribution in [2.45, 2.75) is 13.0 Å². The third-order valence-corrected chi connectivity index (χ3v) is 6.75. The number of carbonyl (C=O) groups excluding carboxylic acids is 1. The van der Waals surface area contributed by atoms with Gasteiger partial charge in [-0.3, -0.25) is 14.3 Å². The molecule has 1 aliphatic heterocycles. The Balaban J connectivity index is 1.85. The molecule has 0 bridgehead atoms. The monoisotopic (exact) mass is 497 g/mol. The van der Waals surface area contributed by atoms with Gasteiger partial charge in [-0.1, -0.05) is 59.9 Å². The predicted octanol–water partition coefficient (Wildman–Crippen LogP) is 3.34. The number of esters is 1. The van der Waals surface area contributed by atoms with Gasteiger partial charge in [-0.25, -0.2) is 9.79 Å². The molecule has 0 aliphatic carbocycles. The van der Waals surface area contributed by atoms with Crippen molar-refractivity contribution in [1.82, 2.24) is 9.55 Å². The Morgan fingerprint density at radius 1 is 1.11 bits per heavy atom. The average molecular weight is 498 g/mol. The largest absolute Gasteiger partial charge is 0.497 e. The van der Waals surface area contributed by atoms with E-state index in [1.165, 1.54) is 11.3 Å². The zero-order valence-electron chi connectivity index (χ0n) is 19.8. The second-order valence-corrected chi connectivity index (χ2v) is 9.00. The molecule has 3 heterocycles. The molecule has 7 nitrogen and oxygen atoms in total. The minimum absolute atomic E-state index is 0.195. The molecule has 0 radical (unpaired) electrons. The van der Waals surface area contributed by atoms with Crippen LogP contribution in [0.4, 0.5) is 0 Å². The standard InChI is InChI=1S/C28H23N3O4S/c1-3-35-27(33)23-24(19-10-5-4-6-11-19)30-28-31(25(23)20-12-7-13-21(16-20)34-2)26(32)22(36-28)15-18-9-8-14-29-17-18/h4-17,25H,3H2,1-2H3. The molecule has 180 valence electrons. The van der Waals surface area contributed by atoms with Gasteiger partial charge in [0.25, 0.3) is 5.56 Å². The lowest BCUT2D eigenvalue weighted by Gasteiger charge is -2.26. The third-order valence-electron chi connectivity index (χ3n) is 5.77. The van der Waals surface area contributed by atoms with Gasteiger partial charge in [-0.05, 0) is 42.3 Å². The number of hydrogen-bond donors (Lipinski definition) is 0. The maximum atomic E-state index is 13.8. The molecule has 2 aromatic carbocycles. The molecule has 0 saturated heterocycles. The van der Waals surface area contributed by atoms with Crippen LogP contribution >= 0.6 is 11.3 Å². The Kier molecular flexibility index (Phi) is 6.60. The highest BCUT2D eigenvalue weighted by Gasteiger charge is 2.35. The van der Waals surface area contributed by atoms with Crippen molar-refractivity contribution >= 4 is 29.1 Å². The van der Waals surface area contributed by atoms with Crippen molar-refractivity contribution < 1.29 is 14.3 Å². The van der Waals surface area contributed by atoms with Gasteiger partial charge in [-0.15, -0.1) is 0 Å². The van der Waals surface area contributed by atoms with Crippen LogP contribution in [0.25, 0.3) is 11.8 Å². The number of methoxy groups -OCH3 is 1. The highest BCUT2D eigenvalue weighted by molar-refractivity contribution is 7.07. The quantitative estimate of drug-likeness (QED) is 0.382. The Morgan fingerprint density at radius 3 is 2.67 bits per heavy atom. The lowest BCUT2D eigenvalue weighted by Crippen LogP contribution is -2.40. The van der Waals surface area contributed by atoms with Crippen LogP contribution < -0.4 is 19.6 Å². The van der Waals surface area contributed by atoms with E-state index in [1.54, 1.807) is 37.1 Å². The normalized spacial score (nSPS) is 15.3. The first-order valence-electron chi connectivity index (χ1n) is 11.4. The number of thiazole rings is 1. The third kappa shape index (κ3) is 4.38. The number of rotatable bonds is 6. The summed E-state index contributed by atoms with van der Waals surface area (Å²) in [6.45, 7) is 1.95. The Labute approximate surface area is 211 Å². The van der Waals surface area contributed by atoms with Crippen LogP contribution in [0, 0.1) is 0 Å². The number of aromatic nitrogens is 2. The van der Waals surface area contributed by atoms with E-state index in [0.29, 0.717) is 26.4 Å². The van der Waals surface area contributed by atoms with Crippen LogP contribution in [0.2, 0.25) is 0 Å². The number of ether oxygens (including phenoxy) is 2. The van der Waals surface area contributed by atoms with Gasteiger partial charge in [0, 0.05) is 18.0 Å². The van der Waals surface area contributed by atoms with Gasteiger partial charge in [0.1, 0.15) is 5.75 Å². The van der Waals surface area contributed by atoms with Gasteiger partial charge in [0.15, 0.2) is 4.80 Å². The van der Waals surface area contributed by atoms with Crippen LogP contribution in [0.15, 0.2) is 94.5 Å². The molecular formula is C28H23N3O4S. The summed E-state index contributed by atoms with van der Waals surface area (Å²) in [6.07, 6.45) is 5.16. The molecule has 0 spiro atoms. The molecule has 0 fully saturated rings. The van der Waals surface area contributed by atoms with E-state index in [2.05, 4.69) is 4.98 Å². The van der Waals surface area contributed by atoms with E-state index in [1.807, 2.05) is 66.7 Å². The Morgan fingerprint density at radius 2 is 1.94 bits per heavy atom. The minimum atomic E-state index is -0.748. The molecule has 2 aromatic heterocycles. The Bertz CT molecular complexity index is 1620. The van der Waals surface area contributed by atoms with Crippen molar-refractivity contribution in [2.75, 3.05) is 13.7 Å². The van der Waals surface area contributed by atoms with Crippen molar-refractivity contribution in [3.05, 3.63) is 121 Å². The SMILES string of the molecule is CCOC(=O)C1=C(c2ccccc2)N=c2sc(=Cc3cccnc3)c(=O)n2C1c1cccc(OC)c1. The number of benzene rings is 2. The van der Waals surface area contributed by atoms with E-state index in [4.69, 9.17) is 14.5 Å². The van der Waals surface area contributed by atoms with E-state index in [0.717, 1.165) is 16.7 Å². The second-order valence-electron chi connectivity index (χ2n) is 7.99. The van der Waals surface area contributed by atoms with Crippen LogP contribution in [0.3, 0.4) is 0 Å². The smallest absolute Gasteiger partial charge is 0.338 e. The summed E-state index contributed by atoms with van der Waals surface area (Å²) in [5.74, 6) is 0.0981. The first-order valence-corrected chi connectivity index (χ1v) is 12.2. The number of nitrogens with zero attached hydrogens (tertiary/aromatic N) is 3. The molecular weight excluding hydrogens is 474 g/mol. The van der Waals surface area contributed by atoms with Crippen LogP contribution in [0.5, 0.6) is 5.75 Å². The molecule has 1 aliphatic rings. The van der Waals surface area contributed by atoms with E-state index < -0.39 is 12.0 Å². The molecule has 0 N–H and O–H groups in total. The van der Waals surface area contributed by atoms with Crippen LogP contribution in [-0.2, 0) is 9.53 Å².